The molecule has 5 N–H and O–H groups in total. The lowest BCUT2D eigenvalue weighted by atomic mass is 10.1. The van der Waals surface area contributed by atoms with Crippen LogP contribution in [0.4, 0.5) is 11.4 Å². The van der Waals surface area contributed by atoms with Gasteiger partial charge in [0.25, 0.3) is 5.91 Å². The summed E-state index contributed by atoms with van der Waals surface area (Å²) in [6.07, 6.45) is 0. The van der Waals surface area contributed by atoms with Crippen molar-refractivity contribution in [1.82, 2.24) is 4.90 Å². The lowest BCUT2D eigenvalue weighted by Crippen LogP contribution is -2.29. The van der Waals surface area contributed by atoms with E-state index in [1.54, 1.807) is 6.07 Å². The smallest absolute Gasteiger partial charge is 0.250 e. The summed E-state index contributed by atoms with van der Waals surface area (Å²) in [7, 11) is 0. The van der Waals surface area contributed by atoms with E-state index in [9.17, 15) is 4.79 Å². The number of hydrogen-bond donors (Lipinski definition) is 3. The lowest BCUT2D eigenvalue weighted by molar-refractivity contribution is 0.100. The second kappa shape index (κ2) is 7.21. The third-order valence-electron chi connectivity index (χ3n) is 3.00. The molecule has 0 aliphatic rings. The SMILES string of the molecule is CCN(CC)CCNc1c(Cl)cc(N)cc1C(N)=O. The number of amides is 1. The van der Waals surface area contributed by atoms with Crippen LogP contribution >= 0.6 is 11.6 Å². The monoisotopic (exact) mass is 284 g/mol. The molecule has 0 aliphatic heterocycles. The number of nitrogens with one attached hydrogen (secondary N) is 1. The fraction of sp³-hybridized carbons (Fsp3) is 0.462. The molecule has 5 nitrogen and oxygen atoms in total. The van der Waals surface area contributed by atoms with Crippen molar-refractivity contribution in [2.24, 2.45) is 5.73 Å². The third kappa shape index (κ3) is 4.29. The van der Waals surface area contributed by atoms with Gasteiger partial charge >= 0.3 is 0 Å². The summed E-state index contributed by atoms with van der Waals surface area (Å²) in [5.41, 5.74) is 12.3. The third-order valence-corrected chi connectivity index (χ3v) is 3.30. The van der Waals surface area contributed by atoms with Crippen LogP contribution in [-0.4, -0.2) is 37.0 Å². The zero-order chi connectivity index (χ0) is 14.4. The van der Waals surface area contributed by atoms with Crippen LogP contribution in [0, 0.1) is 0 Å². The van der Waals surface area contributed by atoms with Crippen molar-refractivity contribution in [3.8, 4) is 0 Å². The van der Waals surface area contributed by atoms with E-state index in [1.807, 2.05) is 0 Å². The van der Waals surface area contributed by atoms with E-state index in [2.05, 4.69) is 24.1 Å². The number of nitrogens with two attached hydrogens (primary N) is 2. The Morgan fingerprint density at radius 1 is 1.37 bits per heavy atom. The minimum Gasteiger partial charge on any atom is -0.399 e. The van der Waals surface area contributed by atoms with E-state index in [0.717, 1.165) is 19.6 Å². The molecule has 1 amide bonds. The topological polar surface area (TPSA) is 84.4 Å². The number of anilines is 2. The highest BCUT2D eigenvalue weighted by Crippen LogP contribution is 2.28. The fourth-order valence-electron chi connectivity index (χ4n) is 1.88. The number of benzene rings is 1. The zero-order valence-electron chi connectivity index (χ0n) is 11.4. The van der Waals surface area contributed by atoms with Crippen molar-refractivity contribution < 1.29 is 4.79 Å². The lowest BCUT2D eigenvalue weighted by Gasteiger charge is -2.19. The minimum atomic E-state index is -0.542. The van der Waals surface area contributed by atoms with Crippen molar-refractivity contribution in [1.29, 1.82) is 0 Å². The average molecular weight is 285 g/mol. The molecule has 0 aromatic heterocycles. The Balaban J connectivity index is 2.80. The van der Waals surface area contributed by atoms with Crippen LogP contribution < -0.4 is 16.8 Å². The van der Waals surface area contributed by atoms with Gasteiger partial charge in [-0.2, -0.15) is 0 Å². The molecule has 19 heavy (non-hydrogen) atoms. The molecule has 1 aromatic rings. The summed E-state index contributed by atoms with van der Waals surface area (Å²) in [4.78, 5) is 13.7. The van der Waals surface area contributed by atoms with Gasteiger partial charge in [0.15, 0.2) is 0 Å². The molecule has 0 spiro atoms. The summed E-state index contributed by atoms with van der Waals surface area (Å²) in [6, 6.07) is 3.14. The molecule has 0 radical (unpaired) electrons. The summed E-state index contributed by atoms with van der Waals surface area (Å²) in [5.74, 6) is -0.542. The van der Waals surface area contributed by atoms with Gasteiger partial charge < -0.3 is 21.7 Å². The molecule has 6 heteroatoms. The minimum absolute atomic E-state index is 0.324. The number of nitrogens with zero attached hydrogens (tertiary/aromatic N) is 1. The zero-order valence-corrected chi connectivity index (χ0v) is 12.1. The second-order valence-electron chi connectivity index (χ2n) is 4.24. The molecule has 0 saturated heterocycles. The fourth-order valence-corrected chi connectivity index (χ4v) is 2.18. The number of likely N-dealkylation sites (N-methyl/N-ethyl adjacent to an activating group) is 1. The molecule has 0 saturated carbocycles. The molecule has 106 valence electrons. The molecule has 1 rings (SSSR count). The Morgan fingerprint density at radius 2 is 2.00 bits per heavy atom. The van der Waals surface area contributed by atoms with Gasteiger partial charge in [-0.15, -0.1) is 0 Å². The molecule has 0 fully saturated rings. The average Bonchev–Trinajstić information content (AvgIpc) is 2.36. The Morgan fingerprint density at radius 3 is 2.53 bits per heavy atom. The number of carbonyl (C=O) groups excluding carboxylic acids is 1. The van der Waals surface area contributed by atoms with Gasteiger partial charge in [0.05, 0.1) is 16.3 Å². The van der Waals surface area contributed by atoms with Crippen LogP contribution in [0.5, 0.6) is 0 Å². The van der Waals surface area contributed by atoms with Gasteiger partial charge in [0.2, 0.25) is 0 Å². The molecule has 0 heterocycles. The van der Waals surface area contributed by atoms with Crippen LogP contribution in [0.25, 0.3) is 0 Å². The van der Waals surface area contributed by atoms with Gasteiger partial charge in [0.1, 0.15) is 0 Å². The Kier molecular flexibility index (Phi) is 5.92. The number of primary amides is 1. The molecular formula is C13H21ClN4O. The van der Waals surface area contributed by atoms with Gasteiger partial charge in [-0.05, 0) is 25.2 Å². The summed E-state index contributed by atoms with van der Waals surface area (Å²) in [5, 5.41) is 3.57. The van der Waals surface area contributed by atoms with Crippen molar-refractivity contribution in [2.75, 3.05) is 37.2 Å². The predicted octanol–water partition coefficient (Wildman–Crippen LogP) is 1.77. The van der Waals surface area contributed by atoms with E-state index in [1.165, 1.54) is 6.07 Å². The van der Waals surface area contributed by atoms with Gasteiger partial charge in [-0.25, -0.2) is 0 Å². The van der Waals surface area contributed by atoms with Crippen molar-refractivity contribution in [2.45, 2.75) is 13.8 Å². The highest BCUT2D eigenvalue weighted by molar-refractivity contribution is 6.34. The first-order chi connectivity index (χ1) is 8.99. The summed E-state index contributed by atoms with van der Waals surface area (Å²) < 4.78 is 0. The highest BCUT2D eigenvalue weighted by atomic mass is 35.5. The van der Waals surface area contributed by atoms with Crippen LogP contribution in [0.3, 0.4) is 0 Å². The number of rotatable bonds is 7. The number of nitrogen functional groups attached to an aromatic ring is 1. The normalized spacial score (nSPS) is 10.7. The molecular weight excluding hydrogens is 264 g/mol. The van der Waals surface area contributed by atoms with E-state index in [-0.39, 0.29) is 0 Å². The number of carbonyl (C=O) groups is 1. The highest BCUT2D eigenvalue weighted by Gasteiger charge is 2.13. The van der Waals surface area contributed by atoms with Crippen molar-refractivity contribution in [3.05, 3.63) is 22.7 Å². The van der Waals surface area contributed by atoms with E-state index in [0.29, 0.717) is 28.5 Å². The largest absolute Gasteiger partial charge is 0.399 e. The number of hydrogen-bond acceptors (Lipinski definition) is 4. The first-order valence-corrected chi connectivity index (χ1v) is 6.72. The second-order valence-corrected chi connectivity index (χ2v) is 4.65. The van der Waals surface area contributed by atoms with Gasteiger partial charge in [-0.1, -0.05) is 25.4 Å². The van der Waals surface area contributed by atoms with Crippen LogP contribution in [0.15, 0.2) is 12.1 Å². The Labute approximate surface area is 118 Å². The standard InChI is InChI=1S/C13H21ClN4O/c1-3-18(4-2)6-5-17-12-10(13(16)19)7-9(15)8-11(12)14/h7-8,17H,3-6,15H2,1-2H3,(H2,16,19). The van der Waals surface area contributed by atoms with Crippen LogP contribution in [0.1, 0.15) is 24.2 Å². The van der Waals surface area contributed by atoms with Gasteiger partial charge in [0, 0.05) is 18.8 Å². The van der Waals surface area contributed by atoms with Gasteiger partial charge in [-0.3, -0.25) is 4.79 Å². The Hall–Kier alpha value is -1.46. The maximum absolute atomic E-state index is 11.4. The molecule has 0 unspecified atom stereocenters. The Bertz CT molecular complexity index is 447. The van der Waals surface area contributed by atoms with E-state index < -0.39 is 5.91 Å². The summed E-state index contributed by atoms with van der Waals surface area (Å²) in [6.45, 7) is 7.73. The van der Waals surface area contributed by atoms with Crippen molar-refractivity contribution in [3.63, 3.8) is 0 Å². The maximum Gasteiger partial charge on any atom is 0.250 e. The quantitative estimate of drug-likeness (QED) is 0.666. The van der Waals surface area contributed by atoms with E-state index >= 15 is 0 Å². The molecule has 0 aliphatic carbocycles. The van der Waals surface area contributed by atoms with E-state index in [4.69, 9.17) is 23.1 Å². The number of halogens is 1. The van der Waals surface area contributed by atoms with Crippen molar-refractivity contribution >= 4 is 28.9 Å². The first kappa shape index (κ1) is 15.6. The molecule has 1 aromatic carbocycles. The first-order valence-electron chi connectivity index (χ1n) is 6.34. The molecule has 0 atom stereocenters. The molecule has 0 bridgehead atoms. The maximum atomic E-state index is 11.4. The predicted molar refractivity (Wildman–Crippen MR) is 80.7 cm³/mol. The van der Waals surface area contributed by atoms with Crippen LogP contribution in [0.2, 0.25) is 5.02 Å². The summed E-state index contributed by atoms with van der Waals surface area (Å²) >= 11 is 6.10. The van der Waals surface area contributed by atoms with Crippen LogP contribution in [-0.2, 0) is 0 Å².